The van der Waals surface area contributed by atoms with Gasteiger partial charge in [-0.3, -0.25) is 9.97 Å². The summed E-state index contributed by atoms with van der Waals surface area (Å²) in [7, 11) is 0. The molecule has 38 heavy (non-hydrogen) atoms. The Morgan fingerprint density at radius 2 is 0.816 bits per heavy atom. The maximum atomic E-state index is 4.47. The maximum Gasteiger partial charge on any atom is 0.0346 e. The molecule has 0 bridgehead atoms. The molecule has 0 aliphatic heterocycles. The lowest BCUT2D eigenvalue weighted by Gasteiger charge is -2.21. The Bertz CT molecular complexity index is 1650. The molecule has 0 atom stereocenters. The molecule has 2 heteroatoms. The fourth-order valence-electron chi connectivity index (χ4n) is 5.70. The molecule has 6 rings (SSSR count). The van der Waals surface area contributed by atoms with Gasteiger partial charge in [0, 0.05) is 35.9 Å². The first-order chi connectivity index (χ1) is 18.5. The van der Waals surface area contributed by atoms with Crippen molar-refractivity contribution in [3.8, 4) is 44.5 Å². The van der Waals surface area contributed by atoms with Gasteiger partial charge in [-0.15, -0.1) is 0 Å². The molecule has 0 unspecified atom stereocenters. The minimum absolute atomic E-state index is 1.11. The first kappa shape index (κ1) is 23.8. The Morgan fingerprint density at radius 3 is 1.18 bits per heavy atom. The van der Waals surface area contributed by atoms with Crippen molar-refractivity contribution in [2.45, 2.75) is 27.7 Å². The smallest absolute Gasteiger partial charge is 0.0346 e. The van der Waals surface area contributed by atoms with Crippen LogP contribution in [0.1, 0.15) is 22.3 Å². The van der Waals surface area contributed by atoms with E-state index in [0.717, 1.165) is 11.1 Å². The minimum atomic E-state index is 1.11. The van der Waals surface area contributed by atoms with Gasteiger partial charge in [0.05, 0.1) is 0 Å². The van der Waals surface area contributed by atoms with Gasteiger partial charge in [-0.2, -0.15) is 0 Å². The molecule has 2 aromatic heterocycles. The Morgan fingerprint density at radius 1 is 0.421 bits per heavy atom. The van der Waals surface area contributed by atoms with Gasteiger partial charge in [-0.05, 0) is 95.1 Å². The summed E-state index contributed by atoms with van der Waals surface area (Å²) in [6, 6.07) is 30.9. The lowest BCUT2D eigenvalue weighted by atomic mass is 9.82. The molecular weight excluding hydrogens is 460 g/mol. The zero-order valence-electron chi connectivity index (χ0n) is 22.3. The molecule has 0 spiro atoms. The first-order valence-electron chi connectivity index (χ1n) is 13.1. The van der Waals surface area contributed by atoms with Crippen LogP contribution in [-0.2, 0) is 0 Å². The van der Waals surface area contributed by atoms with Crippen LogP contribution in [0.5, 0.6) is 0 Å². The Labute approximate surface area is 224 Å². The van der Waals surface area contributed by atoms with E-state index in [4.69, 9.17) is 0 Å². The predicted molar refractivity (Wildman–Crippen MR) is 160 cm³/mol. The molecule has 0 saturated carbocycles. The van der Waals surface area contributed by atoms with Gasteiger partial charge < -0.3 is 0 Å². The topological polar surface area (TPSA) is 25.8 Å². The van der Waals surface area contributed by atoms with Crippen molar-refractivity contribution in [1.29, 1.82) is 0 Å². The van der Waals surface area contributed by atoms with Crippen LogP contribution in [0.25, 0.3) is 55.3 Å². The maximum absolute atomic E-state index is 4.47. The highest BCUT2D eigenvalue weighted by molar-refractivity contribution is 6.17. The van der Waals surface area contributed by atoms with Crippen LogP contribution in [0, 0.1) is 27.7 Å². The SMILES string of the molecule is Cc1ccc(-c2ccc(-c3cccnc3)c3c(-c4ccc(C)cc4C)ccc(-c4cccnc4)c23)c(C)c1. The molecular formula is C36H30N2. The first-order valence-corrected chi connectivity index (χ1v) is 13.1. The molecule has 4 aromatic carbocycles. The summed E-state index contributed by atoms with van der Waals surface area (Å²) in [4.78, 5) is 8.95. The summed E-state index contributed by atoms with van der Waals surface area (Å²) in [6.07, 6.45) is 7.60. The second-order valence-corrected chi connectivity index (χ2v) is 10.2. The molecule has 0 radical (unpaired) electrons. The summed E-state index contributed by atoms with van der Waals surface area (Å²) in [6.45, 7) is 8.72. The molecule has 2 heterocycles. The van der Waals surface area contributed by atoms with Gasteiger partial charge in [-0.25, -0.2) is 0 Å². The predicted octanol–water partition coefficient (Wildman–Crippen LogP) is 9.53. The van der Waals surface area contributed by atoms with E-state index in [9.17, 15) is 0 Å². The van der Waals surface area contributed by atoms with E-state index in [1.807, 2.05) is 36.9 Å². The lowest BCUT2D eigenvalue weighted by Crippen LogP contribution is -1.95. The summed E-state index contributed by atoms with van der Waals surface area (Å²) >= 11 is 0. The molecule has 0 amide bonds. The third kappa shape index (κ3) is 4.18. The summed E-state index contributed by atoms with van der Waals surface area (Å²) in [5.41, 5.74) is 14.6. The molecule has 0 N–H and O–H groups in total. The highest BCUT2D eigenvalue weighted by Gasteiger charge is 2.20. The number of hydrogen-bond acceptors (Lipinski definition) is 2. The Hall–Kier alpha value is -4.56. The Kier molecular flexibility index (Phi) is 6.09. The number of rotatable bonds is 4. The van der Waals surface area contributed by atoms with Crippen LogP contribution in [0.3, 0.4) is 0 Å². The average Bonchev–Trinajstić information content (AvgIpc) is 2.93. The van der Waals surface area contributed by atoms with Crippen molar-refractivity contribution in [3.63, 3.8) is 0 Å². The van der Waals surface area contributed by atoms with Gasteiger partial charge in [0.1, 0.15) is 0 Å². The standard InChI is InChI=1S/C36H30N2/c1-23-9-11-29(25(3)19-23)33-15-13-32(28-8-6-18-38-22-28)36-34(30-12-10-24(2)20-26(30)4)16-14-31(35(33)36)27-7-5-17-37-21-27/h5-22H,1-4H3. The lowest BCUT2D eigenvalue weighted by molar-refractivity contribution is 1.33. The van der Waals surface area contributed by atoms with Gasteiger partial charge >= 0.3 is 0 Å². The Balaban J connectivity index is 1.82. The number of pyridine rings is 2. The van der Waals surface area contributed by atoms with E-state index in [1.165, 1.54) is 66.4 Å². The van der Waals surface area contributed by atoms with E-state index < -0.39 is 0 Å². The van der Waals surface area contributed by atoms with E-state index in [0.29, 0.717) is 0 Å². The monoisotopic (exact) mass is 490 g/mol. The normalized spacial score (nSPS) is 11.2. The summed E-state index contributed by atoms with van der Waals surface area (Å²) in [5.74, 6) is 0. The van der Waals surface area contributed by atoms with E-state index in [-0.39, 0.29) is 0 Å². The van der Waals surface area contributed by atoms with Crippen molar-refractivity contribution in [3.05, 3.63) is 132 Å². The van der Waals surface area contributed by atoms with Crippen LogP contribution in [0.2, 0.25) is 0 Å². The van der Waals surface area contributed by atoms with E-state index in [1.54, 1.807) is 0 Å². The molecule has 6 aromatic rings. The van der Waals surface area contributed by atoms with Crippen molar-refractivity contribution < 1.29 is 0 Å². The molecule has 0 fully saturated rings. The molecule has 0 saturated heterocycles. The fourth-order valence-corrected chi connectivity index (χ4v) is 5.70. The second-order valence-electron chi connectivity index (χ2n) is 10.2. The average molecular weight is 491 g/mol. The number of aromatic nitrogens is 2. The highest BCUT2D eigenvalue weighted by atomic mass is 14.6. The molecule has 2 nitrogen and oxygen atoms in total. The summed E-state index contributed by atoms with van der Waals surface area (Å²) in [5, 5.41) is 2.48. The number of hydrogen-bond donors (Lipinski definition) is 0. The minimum Gasteiger partial charge on any atom is -0.264 e. The number of fused-ring (bicyclic) bond motifs is 1. The van der Waals surface area contributed by atoms with Crippen LogP contribution < -0.4 is 0 Å². The zero-order valence-corrected chi connectivity index (χ0v) is 22.3. The molecule has 0 aliphatic carbocycles. The number of nitrogens with zero attached hydrogens (tertiary/aromatic N) is 2. The van der Waals surface area contributed by atoms with Crippen molar-refractivity contribution >= 4 is 10.8 Å². The van der Waals surface area contributed by atoms with E-state index >= 15 is 0 Å². The number of aryl methyl sites for hydroxylation is 4. The van der Waals surface area contributed by atoms with Crippen molar-refractivity contribution in [2.24, 2.45) is 0 Å². The van der Waals surface area contributed by atoms with Crippen molar-refractivity contribution in [1.82, 2.24) is 9.97 Å². The van der Waals surface area contributed by atoms with Gasteiger partial charge in [0.2, 0.25) is 0 Å². The van der Waals surface area contributed by atoms with Crippen LogP contribution >= 0.6 is 0 Å². The van der Waals surface area contributed by atoms with E-state index in [2.05, 4.69) is 110 Å². The largest absolute Gasteiger partial charge is 0.264 e. The van der Waals surface area contributed by atoms with Gasteiger partial charge in [-0.1, -0.05) is 83.9 Å². The van der Waals surface area contributed by atoms with Crippen LogP contribution in [0.4, 0.5) is 0 Å². The van der Waals surface area contributed by atoms with Crippen molar-refractivity contribution in [2.75, 3.05) is 0 Å². The van der Waals surface area contributed by atoms with Crippen LogP contribution in [-0.4, -0.2) is 9.97 Å². The fraction of sp³-hybridized carbons (Fsp3) is 0.111. The molecule has 184 valence electrons. The zero-order chi connectivity index (χ0) is 26.2. The summed E-state index contributed by atoms with van der Waals surface area (Å²) < 4.78 is 0. The molecule has 0 aliphatic rings. The number of benzene rings is 4. The second kappa shape index (κ2) is 9.72. The quantitative estimate of drug-likeness (QED) is 0.246. The van der Waals surface area contributed by atoms with Gasteiger partial charge in [0.25, 0.3) is 0 Å². The third-order valence-corrected chi connectivity index (χ3v) is 7.45. The third-order valence-electron chi connectivity index (χ3n) is 7.45. The van der Waals surface area contributed by atoms with Gasteiger partial charge in [0.15, 0.2) is 0 Å². The van der Waals surface area contributed by atoms with Crippen LogP contribution in [0.15, 0.2) is 110 Å². The highest BCUT2D eigenvalue weighted by Crippen LogP contribution is 2.46.